The Labute approximate surface area is 119 Å². The molecule has 0 aromatic heterocycles. The van der Waals surface area contributed by atoms with Crippen molar-refractivity contribution >= 4 is 17.2 Å². The number of allylic oxidation sites excluding steroid dienone is 2. The average Bonchev–Trinajstić information content (AvgIpc) is 3.03. The molecule has 0 saturated heterocycles. The van der Waals surface area contributed by atoms with Crippen LogP contribution in [0.25, 0.3) is 5.57 Å². The van der Waals surface area contributed by atoms with Crippen LogP contribution >= 0.6 is 0 Å². The molecular weight excluding hydrogens is 246 g/mol. The van der Waals surface area contributed by atoms with Gasteiger partial charge in [0.25, 0.3) is 5.91 Å². The molecule has 0 fully saturated rings. The van der Waals surface area contributed by atoms with Gasteiger partial charge in [-0.2, -0.15) is 0 Å². The lowest BCUT2D eigenvalue weighted by molar-refractivity contribution is 0.102. The van der Waals surface area contributed by atoms with Gasteiger partial charge in [-0.1, -0.05) is 42.5 Å². The van der Waals surface area contributed by atoms with Gasteiger partial charge in [-0.3, -0.25) is 4.79 Å². The van der Waals surface area contributed by atoms with Crippen LogP contribution in [-0.4, -0.2) is 5.91 Å². The fraction of sp³-hybridized carbons (Fsp3) is 0.167. The second-order valence-electron chi connectivity index (χ2n) is 4.99. The van der Waals surface area contributed by atoms with Crippen molar-refractivity contribution in [3.8, 4) is 0 Å². The molecule has 2 aromatic rings. The van der Waals surface area contributed by atoms with E-state index in [1.807, 2.05) is 48.5 Å². The highest BCUT2D eigenvalue weighted by atomic mass is 16.1. The Kier molecular flexibility index (Phi) is 3.64. The molecule has 3 rings (SSSR count). The Morgan fingerprint density at radius 1 is 0.950 bits per heavy atom. The Morgan fingerprint density at radius 3 is 2.45 bits per heavy atom. The fourth-order valence-electron chi connectivity index (χ4n) is 2.57. The number of nitrogens with one attached hydrogen (secondary N) is 1. The van der Waals surface area contributed by atoms with Gasteiger partial charge in [0.2, 0.25) is 0 Å². The predicted octanol–water partition coefficient (Wildman–Crippen LogP) is 4.51. The van der Waals surface area contributed by atoms with Gasteiger partial charge in [0.05, 0.1) is 0 Å². The highest BCUT2D eigenvalue weighted by Crippen LogP contribution is 2.32. The van der Waals surface area contributed by atoms with Crippen LogP contribution in [0.2, 0.25) is 0 Å². The summed E-state index contributed by atoms with van der Waals surface area (Å²) < 4.78 is 0. The summed E-state index contributed by atoms with van der Waals surface area (Å²) in [6.07, 6.45) is 5.71. The van der Waals surface area contributed by atoms with Gasteiger partial charge >= 0.3 is 0 Å². The van der Waals surface area contributed by atoms with Crippen LogP contribution in [0.1, 0.15) is 35.2 Å². The van der Waals surface area contributed by atoms with E-state index in [-0.39, 0.29) is 5.91 Å². The second kappa shape index (κ2) is 5.74. The molecule has 1 aliphatic rings. The summed E-state index contributed by atoms with van der Waals surface area (Å²) in [7, 11) is 0. The Morgan fingerprint density at radius 2 is 1.70 bits per heavy atom. The minimum Gasteiger partial charge on any atom is -0.321 e. The molecule has 0 bridgehead atoms. The summed E-state index contributed by atoms with van der Waals surface area (Å²) in [4.78, 5) is 12.3. The van der Waals surface area contributed by atoms with Gasteiger partial charge in [-0.25, -0.2) is 0 Å². The first kappa shape index (κ1) is 12.7. The number of benzene rings is 2. The van der Waals surface area contributed by atoms with Crippen molar-refractivity contribution in [1.29, 1.82) is 0 Å². The predicted molar refractivity (Wildman–Crippen MR) is 82.7 cm³/mol. The lowest BCUT2D eigenvalue weighted by Crippen LogP contribution is -2.12. The molecule has 1 N–H and O–H groups in total. The summed E-state index contributed by atoms with van der Waals surface area (Å²) >= 11 is 0. The summed E-state index contributed by atoms with van der Waals surface area (Å²) in [5.74, 6) is -0.0587. The SMILES string of the molecule is O=C(Nc1ccccc1C1=CCCC1)c1ccccc1. The van der Waals surface area contributed by atoms with Crippen molar-refractivity contribution in [2.75, 3.05) is 5.32 Å². The molecule has 0 saturated carbocycles. The van der Waals surface area contributed by atoms with Crippen LogP contribution in [0, 0.1) is 0 Å². The van der Waals surface area contributed by atoms with Gasteiger partial charge < -0.3 is 5.32 Å². The molecule has 0 unspecified atom stereocenters. The Balaban J connectivity index is 1.86. The maximum atomic E-state index is 12.3. The average molecular weight is 263 g/mol. The number of hydrogen-bond acceptors (Lipinski definition) is 1. The third-order valence-electron chi connectivity index (χ3n) is 3.60. The van der Waals surface area contributed by atoms with E-state index in [0.29, 0.717) is 5.56 Å². The minimum absolute atomic E-state index is 0.0587. The molecule has 0 spiro atoms. The molecule has 100 valence electrons. The van der Waals surface area contributed by atoms with Gasteiger partial charge in [0.15, 0.2) is 0 Å². The normalized spacial score (nSPS) is 13.9. The molecule has 0 aliphatic heterocycles. The summed E-state index contributed by atoms with van der Waals surface area (Å²) in [5, 5.41) is 3.02. The monoisotopic (exact) mass is 263 g/mol. The van der Waals surface area contributed by atoms with E-state index in [2.05, 4.69) is 17.5 Å². The van der Waals surface area contributed by atoms with Gasteiger partial charge in [0, 0.05) is 16.8 Å². The maximum absolute atomic E-state index is 12.3. The first-order valence-electron chi connectivity index (χ1n) is 6.99. The van der Waals surface area contributed by atoms with Gasteiger partial charge in [-0.05, 0) is 43.0 Å². The van der Waals surface area contributed by atoms with E-state index in [1.165, 1.54) is 12.0 Å². The zero-order valence-electron chi connectivity index (χ0n) is 11.3. The van der Waals surface area contributed by atoms with E-state index in [4.69, 9.17) is 0 Å². The van der Waals surface area contributed by atoms with Crippen LogP contribution in [0.4, 0.5) is 5.69 Å². The third kappa shape index (κ3) is 2.64. The zero-order chi connectivity index (χ0) is 13.8. The number of hydrogen-bond donors (Lipinski definition) is 1. The van der Waals surface area contributed by atoms with Crippen molar-refractivity contribution in [1.82, 2.24) is 0 Å². The van der Waals surface area contributed by atoms with Crippen LogP contribution in [0.5, 0.6) is 0 Å². The van der Waals surface area contributed by atoms with Crippen molar-refractivity contribution in [2.24, 2.45) is 0 Å². The molecule has 20 heavy (non-hydrogen) atoms. The van der Waals surface area contributed by atoms with E-state index in [9.17, 15) is 4.79 Å². The number of amides is 1. The van der Waals surface area contributed by atoms with Crippen molar-refractivity contribution in [2.45, 2.75) is 19.3 Å². The third-order valence-corrected chi connectivity index (χ3v) is 3.60. The van der Waals surface area contributed by atoms with Gasteiger partial charge in [-0.15, -0.1) is 0 Å². The van der Waals surface area contributed by atoms with E-state index in [1.54, 1.807) is 0 Å². The minimum atomic E-state index is -0.0587. The summed E-state index contributed by atoms with van der Waals surface area (Å²) in [6, 6.07) is 17.3. The quantitative estimate of drug-likeness (QED) is 0.867. The molecule has 2 heteroatoms. The molecule has 1 aliphatic carbocycles. The highest BCUT2D eigenvalue weighted by Gasteiger charge is 2.13. The molecule has 0 radical (unpaired) electrons. The van der Waals surface area contributed by atoms with E-state index >= 15 is 0 Å². The van der Waals surface area contributed by atoms with Crippen molar-refractivity contribution in [3.63, 3.8) is 0 Å². The lowest BCUT2D eigenvalue weighted by atomic mass is 10.0. The molecule has 2 nitrogen and oxygen atoms in total. The Bertz CT molecular complexity index is 643. The Hall–Kier alpha value is -2.35. The largest absolute Gasteiger partial charge is 0.321 e. The van der Waals surface area contributed by atoms with Crippen LogP contribution in [-0.2, 0) is 0 Å². The number of rotatable bonds is 3. The molecule has 2 aromatic carbocycles. The number of para-hydroxylation sites is 1. The first-order valence-corrected chi connectivity index (χ1v) is 6.99. The molecule has 0 heterocycles. The van der Waals surface area contributed by atoms with Crippen molar-refractivity contribution < 1.29 is 4.79 Å². The van der Waals surface area contributed by atoms with Gasteiger partial charge in [0.1, 0.15) is 0 Å². The summed E-state index contributed by atoms with van der Waals surface area (Å²) in [6.45, 7) is 0. The van der Waals surface area contributed by atoms with Crippen molar-refractivity contribution in [3.05, 3.63) is 71.8 Å². The number of carbonyl (C=O) groups is 1. The smallest absolute Gasteiger partial charge is 0.255 e. The molecule has 0 atom stereocenters. The number of carbonyl (C=O) groups excluding carboxylic acids is 1. The maximum Gasteiger partial charge on any atom is 0.255 e. The first-order chi connectivity index (χ1) is 9.84. The van der Waals surface area contributed by atoms with E-state index in [0.717, 1.165) is 24.1 Å². The van der Waals surface area contributed by atoms with Crippen LogP contribution < -0.4 is 5.32 Å². The summed E-state index contributed by atoms with van der Waals surface area (Å²) in [5.41, 5.74) is 4.07. The highest BCUT2D eigenvalue weighted by molar-refractivity contribution is 6.05. The topological polar surface area (TPSA) is 29.1 Å². The zero-order valence-corrected chi connectivity index (χ0v) is 11.3. The van der Waals surface area contributed by atoms with Crippen LogP contribution in [0.3, 0.4) is 0 Å². The fourth-order valence-corrected chi connectivity index (χ4v) is 2.57. The molecule has 1 amide bonds. The number of anilines is 1. The van der Waals surface area contributed by atoms with E-state index < -0.39 is 0 Å². The standard InChI is InChI=1S/C18H17NO/c20-18(15-10-2-1-3-11-15)19-17-13-7-6-12-16(17)14-8-4-5-9-14/h1-3,6-8,10-13H,4-5,9H2,(H,19,20). The molecular formula is C18H17NO. The second-order valence-corrected chi connectivity index (χ2v) is 4.99. The van der Waals surface area contributed by atoms with Crippen LogP contribution in [0.15, 0.2) is 60.7 Å². The lowest BCUT2D eigenvalue weighted by Gasteiger charge is -2.12.